The van der Waals surface area contributed by atoms with Gasteiger partial charge >= 0.3 is 0 Å². The van der Waals surface area contributed by atoms with Gasteiger partial charge in [-0.05, 0) is 25.0 Å². The van der Waals surface area contributed by atoms with Crippen molar-refractivity contribution in [1.82, 2.24) is 0 Å². The molecule has 0 aliphatic carbocycles. The fraction of sp³-hybridized carbons (Fsp3) is 0.400. The topological polar surface area (TPSA) is 95.2 Å². The number of hydrogen-bond donors (Lipinski definition) is 0. The van der Waals surface area contributed by atoms with Gasteiger partial charge in [-0.1, -0.05) is 0 Å². The van der Waals surface area contributed by atoms with Crippen LogP contribution < -0.4 is 0 Å². The molecule has 0 radical (unpaired) electrons. The van der Waals surface area contributed by atoms with Crippen molar-refractivity contribution in [3.05, 3.63) is 11.1 Å². The van der Waals surface area contributed by atoms with Crippen LogP contribution in [0.15, 0.2) is 11.1 Å². The molecule has 0 aromatic carbocycles. The Morgan fingerprint density at radius 2 is 0.929 bits per heavy atom. The molecule has 0 fully saturated rings. The normalized spacial score (nSPS) is 10.9. The Morgan fingerprint density at radius 1 is 0.714 bits per heavy atom. The van der Waals surface area contributed by atoms with Crippen molar-refractivity contribution in [1.29, 1.82) is 21.0 Å². The van der Waals surface area contributed by atoms with Gasteiger partial charge in [0.2, 0.25) is 0 Å². The highest BCUT2D eigenvalue weighted by atomic mass is 14.4. The Morgan fingerprint density at radius 3 is 1.07 bits per heavy atom. The lowest BCUT2D eigenvalue weighted by atomic mass is 9.92. The summed E-state index contributed by atoms with van der Waals surface area (Å²) in [6.07, 6.45) is 0. The number of nitriles is 4. The van der Waals surface area contributed by atoms with Crippen molar-refractivity contribution < 1.29 is 0 Å². The van der Waals surface area contributed by atoms with Crippen molar-refractivity contribution in [2.45, 2.75) is 13.8 Å². The minimum Gasteiger partial charge on any atom is -0.197 e. The maximum atomic E-state index is 8.60. The van der Waals surface area contributed by atoms with E-state index in [1.807, 2.05) is 0 Å². The standard InChI is InChI=1S/C10H8N4/c1-7(9(3-11)4-12)8(2)10(5-13)6-14/h9-10H,1-2H3. The van der Waals surface area contributed by atoms with Gasteiger partial charge in [0.05, 0.1) is 24.3 Å². The van der Waals surface area contributed by atoms with Gasteiger partial charge < -0.3 is 0 Å². The van der Waals surface area contributed by atoms with E-state index in [0.29, 0.717) is 11.1 Å². The molecule has 0 spiro atoms. The Bertz CT molecular complexity index is 337. The predicted octanol–water partition coefficient (Wildman–Crippen LogP) is 1.65. The maximum absolute atomic E-state index is 8.60. The second-order valence-electron chi connectivity index (χ2n) is 2.75. The number of hydrogen-bond acceptors (Lipinski definition) is 4. The van der Waals surface area contributed by atoms with Crippen molar-refractivity contribution in [2.24, 2.45) is 11.8 Å². The third kappa shape index (κ3) is 2.34. The van der Waals surface area contributed by atoms with Gasteiger partial charge in [0.15, 0.2) is 11.8 Å². The van der Waals surface area contributed by atoms with E-state index in [0.717, 1.165) is 0 Å². The Kier molecular flexibility index (Phi) is 4.48. The van der Waals surface area contributed by atoms with Crippen molar-refractivity contribution >= 4 is 0 Å². The first-order valence-corrected chi connectivity index (χ1v) is 3.88. The fourth-order valence-corrected chi connectivity index (χ4v) is 0.900. The number of allylic oxidation sites excluding steroid dienone is 2. The highest BCUT2D eigenvalue weighted by molar-refractivity contribution is 5.31. The van der Waals surface area contributed by atoms with Crippen molar-refractivity contribution in [3.63, 3.8) is 0 Å². The molecular weight excluding hydrogens is 176 g/mol. The lowest BCUT2D eigenvalue weighted by Gasteiger charge is -2.07. The zero-order chi connectivity index (χ0) is 11.1. The predicted molar refractivity (Wildman–Crippen MR) is 47.8 cm³/mol. The average Bonchev–Trinajstić information content (AvgIpc) is 2.21. The molecular formula is C10H8N4. The van der Waals surface area contributed by atoms with E-state index in [4.69, 9.17) is 21.0 Å². The molecule has 0 unspecified atom stereocenters. The number of rotatable bonds is 2. The van der Waals surface area contributed by atoms with Crippen molar-refractivity contribution in [3.8, 4) is 24.3 Å². The van der Waals surface area contributed by atoms with E-state index in [1.165, 1.54) is 0 Å². The second-order valence-corrected chi connectivity index (χ2v) is 2.75. The van der Waals surface area contributed by atoms with Gasteiger partial charge in [-0.25, -0.2) is 0 Å². The maximum Gasteiger partial charge on any atom is 0.154 e. The SMILES string of the molecule is CC(=C(C)C(C#N)C#N)C(C#N)C#N. The van der Waals surface area contributed by atoms with Crippen molar-refractivity contribution in [2.75, 3.05) is 0 Å². The molecule has 0 aliphatic heterocycles. The molecule has 4 heteroatoms. The van der Waals surface area contributed by atoms with E-state index < -0.39 is 11.8 Å². The van der Waals surface area contributed by atoms with Crippen LogP contribution >= 0.6 is 0 Å². The summed E-state index contributed by atoms with van der Waals surface area (Å²) < 4.78 is 0. The summed E-state index contributed by atoms with van der Waals surface area (Å²) in [5.74, 6) is -1.75. The fourth-order valence-electron chi connectivity index (χ4n) is 0.900. The van der Waals surface area contributed by atoms with Crippen LogP contribution in [0, 0.1) is 57.2 Å². The monoisotopic (exact) mass is 184 g/mol. The highest BCUT2D eigenvalue weighted by Gasteiger charge is 2.16. The number of nitrogens with zero attached hydrogens (tertiary/aromatic N) is 4. The minimum absolute atomic E-state index is 0.489. The van der Waals surface area contributed by atoms with Gasteiger partial charge in [0.1, 0.15) is 0 Å². The first kappa shape index (κ1) is 11.7. The lowest BCUT2D eigenvalue weighted by molar-refractivity contribution is 0.892. The van der Waals surface area contributed by atoms with Gasteiger partial charge in [-0.2, -0.15) is 21.0 Å². The zero-order valence-corrected chi connectivity index (χ0v) is 7.94. The van der Waals surface area contributed by atoms with Crippen LogP contribution in [0.25, 0.3) is 0 Å². The van der Waals surface area contributed by atoms with Crippen LogP contribution in [0.3, 0.4) is 0 Å². The molecule has 4 nitrogen and oxygen atoms in total. The summed E-state index contributed by atoms with van der Waals surface area (Å²) in [6.45, 7) is 3.18. The second kappa shape index (κ2) is 5.36. The quantitative estimate of drug-likeness (QED) is 0.609. The zero-order valence-electron chi connectivity index (χ0n) is 7.94. The van der Waals surface area contributed by atoms with E-state index in [-0.39, 0.29) is 0 Å². The Labute approximate surface area is 82.9 Å². The van der Waals surface area contributed by atoms with E-state index in [9.17, 15) is 0 Å². The first-order valence-electron chi connectivity index (χ1n) is 3.88. The van der Waals surface area contributed by atoms with E-state index in [2.05, 4.69) is 0 Å². The van der Waals surface area contributed by atoms with E-state index >= 15 is 0 Å². The molecule has 0 N–H and O–H groups in total. The van der Waals surface area contributed by atoms with Gasteiger partial charge in [0, 0.05) is 0 Å². The van der Waals surface area contributed by atoms with Crippen LogP contribution in [0.5, 0.6) is 0 Å². The largest absolute Gasteiger partial charge is 0.197 e. The van der Waals surface area contributed by atoms with E-state index in [1.54, 1.807) is 38.1 Å². The third-order valence-electron chi connectivity index (χ3n) is 2.00. The minimum atomic E-state index is -0.876. The third-order valence-corrected chi connectivity index (χ3v) is 2.00. The summed E-state index contributed by atoms with van der Waals surface area (Å²) in [7, 11) is 0. The molecule has 0 bridgehead atoms. The van der Waals surface area contributed by atoms with Crippen LogP contribution in [-0.4, -0.2) is 0 Å². The Balaban J connectivity index is 5.18. The molecule has 0 amide bonds. The molecule has 14 heavy (non-hydrogen) atoms. The summed E-state index contributed by atoms with van der Waals surface area (Å²) >= 11 is 0. The molecule has 68 valence electrons. The molecule has 0 saturated heterocycles. The lowest BCUT2D eigenvalue weighted by Crippen LogP contribution is -2.04. The molecule has 0 atom stereocenters. The first-order chi connectivity index (χ1) is 6.62. The van der Waals surface area contributed by atoms with Gasteiger partial charge in [-0.3, -0.25) is 0 Å². The van der Waals surface area contributed by atoms with Crippen LogP contribution in [-0.2, 0) is 0 Å². The van der Waals surface area contributed by atoms with Gasteiger partial charge in [-0.15, -0.1) is 0 Å². The smallest absolute Gasteiger partial charge is 0.154 e. The average molecular weight is 184 g/mol. The molecule has 0 heterocycles. The van der Waals surface area contributed by atoms with Crippen LogP contribution in [0.1, 0.15) is 13.8 Å². The molecule has 0 rings (SSSR count). The molecule has 0 saturated carbocycles. The summed E-state index contributed by atoms with van der Waals surface area (Å²) in [5, 5.41) is 34.4. The molecule has 0 aliphatic rings. The highest BCUT2D eigenvalue weighted by Crippen LogP contribution is 2.19. The molecule has 0 aromatic rings. The summed E-state index contributed by atoms with van der Waals surface area (Å²) in [4.78, 5) is 0. The van der Waals surface area contributed by atoms with Crippen LogP contribution in [0.2, 0.25) is 0 Å². The van der Waals surface area contributed by atoms with Crippen LogP contribution in [0.4, 0.5) is 0 Å². The molecule has 0 aromatic heterocycles. The summed E-state index contributed by atoms with van der Waals surface area (Å²) in [5.41, 5.74) is 0.978. The van der Waals surface area contributed by atoms with Gasteiger partial charge in [0.25, 0.3) is 0 Å². The Hall–Kier alpha value is -2.30. The summed E-state index contributed by atoms with van der Waals surface area (Å²) in [6, 6.07) is 7.19.